The number of rotatable bonds is 6. The van der Waals surface area contributed by atoms with Crippen molar-refractivity contribution < 1.29 is 19.0 Å². The molecule has 0 bridgehead atoms. The van der Waals surface area contributed by atoms with Crippen LogP contribution >= 0.6 is 11.3 Å². The predicted octanol–water partition coefficient (Wildman–Crippen LogP) is 3.74. The molecule has 0 saturated carbocycles. The summed E-state index contributed by atoms with van der Waals surface area (Å²) in [5, 5.41) is 9.14. The van der Waals surface area contributed by atoms with Gasteiger partial charge in [-0.05, 0) is 12.1 Å². The van der Waals surface area contributed by atoms with Crippen molar-refractivity contribution in [3.8, 4) is 28.5 Å². The molecule has 0 atom stereocenters. The molecule has 0 aliphatic carbocycles. The Morgan fingerprint density at radius 3 is 2.34 bits per heavy atom. The van der Waals surface area contributed by atoms with Crippen LogP contribution in [0.5, 0.6) is 17.2 Å². The molecule has 29 heavy (non-hydrogen) atoms. The molecular formula is C20H18N4O4S. The summed E-state index contributed by atoms with van der Waals surface area (Å²) < 4.78 is 17.6. The van der Waals surface area contributed by atoms with Gasteiger partial charge in [0.05, 0.1) is 27.0 Å². The zero-order chi connectivity index (χ0) is 20.4. The van der Waals surface area contributed by atoms with E-state index >= 15 is 0 Å². The molecule has 8 nitrogen and oxygen atoms in total. The maximum absolute atomic E-state index is 12.8. The molecule has 1 amide bonds. The average Bonchev–Trinajstić information content (AvgIpc) is 3.33. The van der Waals surface area contributed by atoms with Gasteiger partial charge in [0.15, 0.2) is 11.5 Å². The molecule has 0 aliphatic rings. The molecule has 0 saturated heterocycles. The first-order valence-corrected chi connectivity index (χ1v) is 9.53. The summed E-state index contributed by atoms with van der Waals surface area (Å²) in [7, 11) is 4.50. The third-order valence-electron chi connectivity index (χ3n) is 4.30. The number of amides is 1. The Bertz CT molecular complexity index is 1140. The molecule has 9 heteroatoms. The van der Waals surface area contributed by atoms with E-state index in [0.717, 1.165) is 11.3 Å². The van der Waals surface area contributed by atoms with E-state index in [0.29, 0.717) is 27.8 Å². The van der Waals surface area contributed by atoms with Gasteiger partial charge in [-0.25, -0.2) is 4.52 Å². The van der Waals surface area contributed by atoms with E-state index in [-0.39, 0.29) is 11.9 Å². The Labute approximate surface area is 170 Å². The van der Waals surface area contributed by atoms with Gasteiger partial charge < -0.3 is 14.2 Å². The van der Waals surface area contributed by atoms with Crippen molar-refractivity contribution in [2.45, 2.75) is 0 Å². The summed E-state index contributed by atoms with van der Waals surface area (Å²) in [6.45, 7) is 0. The number of aromatic nitrogens is 3. The lowest BCUT2D eigenvalue weighted by Gasteiger charge is -2.13. The first-order valence-electron chi connectivity index (χ1n) is 8.65. The van der Waals surface area contributed by atoms with Gasteiger partial charge in [-0.3, -0.25) is 10.1 Å². The smallest absolute Gasteiger partial charge is 0.258 e. The monoisotopic (exact) mass is 410 g/mol. The number of methoxy groups -OCH3 is 3. The molecule has 2 heterocycles. The van der Waals surface area contributed by atoms with Crippen LogP contribution in [-0.2, 0) is 0 Å². The van der Waals surface area contributed by atoms with Crippen LogP contribution in [-0.4, -0.2) is 41.8 Å². The molecule has 148 valence electrons. The molecule has 0 fully saturated rings. The van der Waals surface area contributed by atoms with Crippen LogP contribution in [0.3, 0.4) is 0 Å². The highest BCUT2D eigenvalue weighted by Gasteiger charge is 2.19. The van der Waals surface area contributed by atoms with E-state index in [1.54, 1.807) is 16.6 Å². The molecular weight excluding hydrogens is 392 g/mol. The average molecular weight is 410 g/mol. The largest absolute Gasteiger partial charge is 0.493 e. The second kappa shape index (κ2) is 7.80. The molecule has 4 aromatic rings. The topological polar surface area (TPSA) is 87.0 Å². The van der Waals surface area contributed by atoms with Crippen molar-refractivity contribution in [2.75, 3.05) is 26.6 Å². The molecule has 0 unspecified atom stereocenters. The van der Waals surface area contributed by atoms with Crippen molar-refractivity contribution in [3.63, 3.8) is 0 Å². The number of carbonyl (C=O) groups is 1. The minimum Gasteiger partial charge on any atom is -0.493 e. The van der Waals surface area contributed by atoms with Gasteiger partial charge >= 0.3 is 0 Å². The molecule has 1 N–H and O–H groups in total. The number of nitrogens with one attached hydrogen (secondary N) is 1. The minimum absolute atomic E-state index is 0.216. The first-order chi connectivity index (χ1) is 14.1. The van der Waals surface area contributed by atoms with Gasteiger partial charge in [-0.15, -0.1) is 16.4 Å². The number of hydrogen-bond donors (Lipinski definition) is 1. The van der Waals surface area contributed by atoms with Gasteiger partial charge in [0.2, 0.25) is 10.7 Å². The standard InChI is InChI=1S/C20H18N4O4S/c1-26-15-9-13(10-16(27-2)17(15)28-3)18(25)21-19-22-20-24(23-19)14(11-29-20)12-7-5-4-6-8-12/h4-11H,1-3H3,(H,21,23,25). The highest BCUT2D eigenvalue weighted by atomic mass is 32.1. The van der Waals surface area contributed by atoms with Crippen molar-refractivity contribution >= 4 is 28.2 Å². The van der Waals surface area contributed by atoms with E-state index in [9.17, 15) is 4.79 Å². The van der Waals surface area contributed by atoms with E-state index < -0.39 is 0 Å². The summed E-state index contributed by atoms with van der Waals surface area (Å²) in [6, 6.07) is 13.0. The van der Waals surface area contributed by atoms with E-state index in [1.807, 2.05) is 35.7 Å². The highest BCUT2D eigenvalue weighted by molar-refractivity contribution is 7.15. The third kappa shape index (κ3) is 3.47. The van der Waals surface area contributed by atoms with Gasteiger partial charge in [0.1, 0.15) is 0 Å². The summed E-state index contributed by atoms with van der Waals surface area (Å²) >= 11 is 1.45. The highest BCUT2D eigenvalue weighted by Crippen LogP contribution is 2.38. The van der Waals surface area contributed by atoms with E-state index in [4.69, 9.17) is 14.2 Å². The van der Waals surface area contributed by atoms with Gasteiger partial charge in [0.25, 0.3) is 11.9 Å². The number of nitrogens with zero attached hydrogens (tertiary/aromatic N) is 3. The second-order valence-corrected chi connectivity index (χ2v) is 6.82. The molecule has 4 rings (SSSR count). The predicted molar refractivity (Wildman–Crippen MR) is 110 cm³/mol. The summed E-state index contributed by atoms with van der Waals surface area (Å²) in [5.74, 6) is 1.03. The minimum atomic E-state index is -0.385. The number of ether oxygens (including phenoxy) is 3. The van der Waals surface area contributed by atoms with Crippen LogP contribution in [0.1, 0.15) is 10.4 Å². The lowest BCUT2D eigenvalue weighted by Crippen LogP contribution is -2.14. The summed E-state index contributed by atoms with van der Waals surface area (Å²) in [6.07, 6.45) is 0. The van der Waals surface area contributed by atoms with Crippen LogP contribution in [0.15, 0.2) is 47.8 Å². The Hall–Kier alpha value is -3.59. The molecule has 0 radical (unpaired) electrons. The Kier molecular flexibility index (Phi) is 5.05. The number of carbonyl (C=O) groups excluding carboxylic acids is 1. The van der Waals surface area contributed by atoms with Gasteiger partial charge in [-0.1, -0.05) is 30.3 Å². The van der Waals surface area contributed by atoms with Crippen LogP contribution in [0.2, 0.25) is 0 Å². The van der Waals surface area contributed by atoms with Crippen molar-refractivity contribution in [1.82, 2.24) is 14.6 Å². The van der Waals surface area contributed by atoms with Crippen LogP contribution < -0.4 is 19.5 Å². The van der Waals surface area contributed by atoms with Crippen molar-refractivity contribution in [3.05, 3.63) is 53.4 Å². The van der Waals surface area contributed by atoms with Crippen LogP contribution in [0.4, 0.5) is 5.95 Å². The number of benzene rings is 2. The number of thiazole rings is 1. The maximum Gasteiger partial charge on any atom is 0.258 e. The zero-order valence-electron chi connectivity index (χ0n) is 16.0. The van der Waals surface area contributed by atoms with Gasteiger partial charge in [0, 0.05) is 16.5 Å². The Balaban J connectivity index is 1.64. The summed E-state index contributed by atoms with van der Waals surface area (Å²) in [4.78, 5) is 17.8. The quantitative estimate of drug-likeness (QED) is 0.521. The first kappa shape index (κ1) is 18.8. The molecule has 2 aromatic heterocycles. The Morgan fingerprint density at radius 1 is 1.03 bits per heavy atom. The number of hydrogen-bond acceptors (Lipinski definition) is 7. The lowest BCUT2D eigenvalue weighted by atomic mass is 10.1. The van der Waals surface area contributed by atoms with Crippen LogP contribution in [0, 0.1) is 0 Å². The van der Waals surface area contributed by atoms with Crippen LogP contribution in [0.25, 0.3) is 16.2 Å². The lowest BCUT2D eigenvalue weighted by molar-refractivity contribution is 0.102. The number of fused-ring (bicyclic) bond motifs is 1. The SMILES string of the molecule is COc1cc(C(=O)Nc2nc3scc(-c4ccccc4)n3n2)cc(OC)c1OC. The fraction of sp³-hybridized carbons (Fsp3) is 0.150. The van der Waals surface area contributed by atoms with E-state index in [1.165, 1.54) is 32.7 Å². The Morgan fingerprint density at radius 2 is 1.72 bits per heavy atom. The second-order valence-electron chi connectivity index (χ2n) is 5.98. The molecule has 0 aliphatic heterocycles. The normalized spacial score (nSPS) is 10.7. The summed E-state index contributed by atoms with van der Waals surface area (Å²) in [5.41, 5.74) is 2.26. The molecule has 0 spiro atoms. The van der Waals surface area contributed by atoms with Crippen molar-refractivity contribution in [1.29, 1.82) is 0 Å². The van der Waals surface area contributed by atoms with Gasteiger partial charge in [-0.2, -0.15) is 4.98 Å². The fourth-order valence-electron chi connectivity index (χ4n) is 2.93. The maximum atomic E-state index is 12.8. The zero-order valence-corrected chi connectivity index (χ0v) is 16.8. The van der Waals surface area contributed by atoms with E-state index in [2.05, 4.69) is 15.4 Å². The number of anilines is 1. The molecule has 2 aromatic carbocycles. The van der Waals surface area contributed by atoms with Crippen molar-refractivity contribution in [2.24, 2.45) is 0 Å². The fourth-order valence-corrected chi connectivity index (χ4v) is 3.76. The third-order valence-corrected chi connectivity index (χ3v) is 5.12.